The summed E-state index contributed by atoms with van der Waals surface area (Å²) < 4.78 is 45.5. The molecule has 6 heteroatoms. The number of hydrogen-bond acceptors (Lipinski definition) is 3. The van der Waals surface area contributed by atoms with E-state index in [-0.39, 0.29) is 5.56 Å². The van der Waals surface area contributed by atoms with Crippen LogP contribution in [-0.2, 0) is 16.5 Å². The molecule has 0 N–H and O–H groups in total. The van der Waals surface area contributed by atoms with Crippen LogP contribution in [0.3, 0.4) is 0 Å². The number of alkyl halides is 3. The molecule has 3 nitrogen and oxygen atoms in total. The smallest absolute Gasteiger partial charge is 0.367 e. The van der Waals surface area contributed by atoms with Crippen LogP contribution in [0.4, 0.5) is 18.9 Å². The van der Waals surface area contributed by atoms with Crippen LogP contribution in [0.15, 0.2) is 48.5 Å². The number of rotatable bonds is 2. The molecule has 1 heterocycles. The van der Waals surface area contributed by atoms with Gasteiger partial charge in [-0.25, -0.2) is 0 Å². The summed E-state index contributed by atoms with van der Waals surface area (Å²) in [5.41, 5.74) is -0.455. The van der Waals surface area contributed by atoms with E-state index in [9.17, 15) is 13.2 Å². The summed E-state index contributed by atoms with van der Waals surface area (Å²) in [6.07, 6.45) is -4.56. The molecule has 0 bridgehead atoms. The second kappa shape index (κ2) is 6.41. The zero-order chi connectivity index (χ0) is 18.1. The normalized spacial score (nSPS) is 21.0. The fraction of sp³-hybridized carbons (Fsp3) is 0.316. The van der Waals surface area contributed by atoms with E-state index in [1.54, 1.807) is 12.1 Å². The Morgan fingerprint density at radius 1 is 1.16 bits per heavy atom. The van der Waals surface area contributed by atoms with Crippen molar-refractivity contribution in [3.63, 3.8) is 0 Å². The highest BCUT2D eigenvalue weighted by molar-refractivity contribution is 5.55. The zero-order valence-corrected chi connectivity index (χ0v) is 13.7. The van der Waals surface area contributed by atoms with Crippen LogP contribution >= 0.6 is 0 Å². The molecule has 1 saturated heterocycles. The third-order valence-electron chi connectivity index (χ3n) is 4.45. The average molecular weight is 346 g/mol. The molecule has 1 fully saturated rings. The van der Waals surface area contributed by atoms with Gasteiger partial charge in [0.2, 0.25) is 0 Å². The Kier molecular flexibility index (Phi) is 4.44. The summed E-state index contributed by atoms with van der Waals surface area (Å²) in [4.78, 5) is 1.87. The van der Waals surface area contributed by atoms with Crippen molar-refractivity contribution in [2.45, 2.75) is 18.7 Å². The molecule has 0 saturated carbocycles. The van der Waals surface area contributed by atoms with Crippen molar-refractivity contribution in [3.05, 3.63) is 65.2 Å². The first-order valence-corrected chi connectivity index (χ1v) is 7.89. The van der Waals surface area contributed by atoms with Crippen LogP contribution < -0.4 is 4.90 Å². The van der Waals surface area contributed by atoms with Gasteiger partial charge in [0, 0.05) is 12.2 Å². The predicted molar refractivity (Wildman–Crippen MR) is 88.1 cm³/mol. The minimum absolute atomic E-state index is 0.365. The minimum atomic E-state index is -4.56. The molecule has 0 aliphatic carbocycles. The molecule has 0 aromatic heterocycles. The maximum atomic E-state index is 13.2. The molecule has 0 radical (unpaired) electrons. The molecule has 3 rings (SSSR count). The van der Waals surface area contributed by atoms with Crippen LogP contribution in [0.5, 0.6) is 0 Å². The van der Waals surface area contributed by atoms with Gasteiger partial charge in [0.15, 0.2) is 0 Å². The van der Waals surface area contributed by atoms with Crippen molar-refractivity contribution in [2.75, 3.05) is 24.6 Å². The number of halogens is 3. The topological polar surface area (TPSA) is 36.3 Å². The van der Waals surface area contributed by atoms with Gasteiger partial charge in [-0.05, 0) is 30.7 Å². The molecule has 2 aromatic rings. The van der Waals surface area contributed by atoms with E-state index in [1.807, 2.05) is 42.2 Å². The number of morpholine rings is 1. The Hall–Kier alpha value is -2.52. The predicted octanol–water partition coefficient (Wildman–Crippen LogP) is 4.33. The lowest BCUT2D eigenvalue weighted by molar-refractivity contribution is -0.137. The van der Waals surface area contributed by atoms with Crippen molar-refractivity contribution < 1.29 is 17.9 Å². The summed E-state index contributed by atoms with van der Waals surface area (Å²) in [7, 11) is 0. The average Bonchev–Trinajstić information content (AvgIpc) is 2.61. The molecular weight excluding hydrogens is 329 g/mol. The van der Waals surface area contributed by atoms with Gasteiger partial charge >= 0.3 is 6.18 Å². The summed E-state index contributed by atoms with van der Waals surface area (Å²) >= 11 is 0. The lowest BCUT2D eigenvalue weighted by Gasteiger charge is -2.42. The van der Waals surface area contributed by atoms with Crippen LogP contribution in [-0.4, -0.2) is 19.7 Å². The van der Waals surface area contributed by atoms with Crippen LogP contribution in [0, 0.1) is 11.3 Å². The largest absolute Gasteiger partial charge is 0.417 e. The van der Waals surface area contributed by atoms with Crippen LogP contribution in [0.2, 0.25) is 0 Å². The van der Waals surface area contributed by atoms with E-state index in [4.69, 9.17) is 10.00 Å². The van der Waals surface area contributed by atoms with Crippen molar-refractivity contribution in [1.29, 1.82) is 5.26 Å². The molecule has 0 spiro atoms. The number of anilines is 1. The summed E-state index contributed by atoms with van der Waals surface area (Å²) in [6.45, 7) is 3.27. The van der Waals surface area contributed by atoms with Gasteiger partial charge in [-0.1, -0.05) is 30.3 Å². The maximum Gasteiger partial charge on any atom is 0.417 e. The van der Waals surface area contributed by atoms with Gasteiger partial charge < -0.3 is 9.64 Å². The fourth-order valence-electron chi connectivity index (χ4n) is 3.12. The first-order valence-electron chi connectivity index (χ1n) is 7.89. The second-order valence-corrected chi connectivity index (χ2v) is 6.21. The molecule has 1 aliphatic rings. The Morgan fingerprint density at radius 2 is 1.88 bits per heavy atom. The number of ether oxygens (including phenoxy) is 1. The third-order valence-corrected chi connectivity index (χ3v) is 4.45. The fourth-order valence-corrected chi connectivity index (χ4v) is 3.12. The van der Waals surface area contributed by atoms with Gasteiger partial charge in [0.25, 0.3) is 0 Å². The molecule has 2 aromatic carbocycles. The molecule has 1 atom stereocenters. The summed E-state index contributed by atoms with van der Waals surface area (Å²) in [5, 5.41) is 8.93. The van der Waals surface area contributed by atoms with Crippen molar-refractivity contribution >= 4 is 5.69 Å². The van der Waals surface area contributed by atoms with Crippen molar-refractivity contribution in [2.24, 2.45) is 0 Å². The van der Waals surface area contributed by atoms with E-state index in [0.29, 0.717) is 25.4 Å². The standard InChI is InChI=1S/C19H17F3N2O/c1-18(15-5-3-2-4-6-15)13-24(9-10-25-18)16-8-7-14(12-23)17(11-16)19(20,21)22/h2-8,11H,9-10,13H2,1H3. The first kappa shape index (κ1) is 17.3. The summed E-state index contributed by atoms with van der Waals surface area (Å²) in [6, 6.07) is 15.1. The van der Waals surface area contributed by atoms with E-state index in [1.165, 1.54) is 6.07 Å². The summed E-state index contributed by atoms with van der Waals surface area (Å²) in [5.74, 6) is 0. The lowest BCUT2D eigenvalue weighted by Crippen LogP contribution is -2.48. The van der Waals surface area contributed by atoms with Crippen molar-refractivity contribution in [3.8, 4) is 6.07 Å². The van der Waals surface area contributed by atoms with Gasteiger partial charge in [-0.15, -0.1) is 0 Å². The van der Waals surface area contributed by atoms with E-state index in [0.717, 1.165) is 11.6 Å². The number of hydrogen-bond donors (Lipinski definition) is 0. The van der Waals surface area contributed by atoms with Gasteiger partial charge in [0.05, 0.1) is 30.3 Å². The van der Waals surface area contributed by atoms with E-state index < -0.39 is 17.3 Å². The molecule has 130 valence electrons. The molecular formula is C19H17F3N2O. The molecule has 0 amide bonds. The third kappa shape index (κ3) is 3.47. The van der Waals surface area contributed by atoms with Crippen molar-refractivity contribution in [1.82, 2.24) is 0 Å². The highest BCUT2D eigenvalue weighted by Gasteiger charge is 2.37. The monoisotopic (exact) mass is 346 g/mol. The zero-order valence-electron chi connectivity index (χ0n) is 13.7. The highest BCUT2D eigenvalue weighted by Crippen LogP contribution is 2.36. The van der Waals surface area contributed by atoms with Gasteiger partial charge in [-0.2, -0.15) is 18.4 Å². The first-order chi connectivity index (χ1) is 11.8. The Bertz CT molecular complexity index is 799. The van der Waals surface area contributed by atoms with Crippen LogP contribution in [0.25, 0.3) is 0 Å². The van der Waals surface area contributed by atoms with E-state index in [2.05, 4.69) is 0 Å². The number of nitriles is 1. The Morgan fingerprint density at radius 3 is 2.52 bits per heavy atom. The molecule has 25 heavy (non-hydrogen) atoms. The number of benzene rings is 2. The lowest BCUT2D eigenvalue weighted by atomic mass is 9.93. The Labute approximate surface area is 144 Å². The second-order valence-electron chi connectivity index (χ2n) is 6.21. The Balaban J connectivity index is 1.94. The molecule has 1 aliphatic heterocycles. The van der Waals surface area contributed by atoms with Crippen LogP contribution in [0.1, 0.15) is 23.6 Å². The number of nitrogens with zero attached hydrogens (tertiary/aromatic N) is 2. The van der Waals surface area contributed by atoms with Gasteiger partial charge in [0.1, 0.15) is 5.60 Å². The SMILES string of the molecule is CC1(c2ccccc2)CN(c2ccc(C#N)c(C(F)(F)F)c2)CCO1. The minimum Gasteiger partial charge on any atom is -0.367 e. The highest BCUT2D eigenvalue weighted by atomic mass is 19.4. The molecule has 1 unspecified atom stereocenters. The van der Waals surface area contributed by atoms with E-state index >= 15 is 0 Å². The van der Waals surface area contributed by atoms with Gasteiger partial charge in [-0.3, -0.25) is 0 Å². The quantitative estimate of drug-likeness (QED) is 0.812. The maximum absolute atomic E-state index is 13.2.